The van der Waals surface area contributed by atoms with Crippen LogP contribution in [0.2, 0.25) is 0 Å². The van der Waals surface area contributed by atoms with E-state index in [0.717, 1.165) is 0 Å². The number of phosphoric acid groups is 1. The van der Waals surface area contributed by atoms with Crippen LogP contribution in [0.25, 0.3) is 22.3 Å². The molecule has 45 heavy (non-hydrogen) atoms. The molecule has 6 heterocycles. The summed E-state index contributed by atoms with van der Waals surface area (Å²) < 4.78 is 43.2. The van der Waals surface area contributed by atoms with Gasteiger partial charge in [-0.15, -0.1) is 0 Å². The van der Waals surface area contributed by atoms with E-state index in [0.29, 0.717) is 0 Å². The second-order valence-corrected chi connectivity index (χ2v) is 14.1. The van der Waals surface area contributed by atoms with Crippen LogP contribution < -0.4 is 17.0 Å². The van der Waals surface area contributed by atoms with E-state index in [-0.39, 0.29) is 51.8 Å². The zero-order valence-electron chi connectivity index (χ0n) is 22.4. The van der Waals surface area contributed by atoms with Crippen LogP contribution in [-0.2, 0) is 39.2 Å². The van der Waals surface area contributed by atoms with Gasteiger partial charge in [0.2, 0.25) is 12.2 Å². The van der Waals surface area contributed by atoms with Crippen molar-refractivity contribution in [1.29, 1.82) is 0 Å². The number of hydrogen-bond donors (Lipinski definition) is 7. The molecule has 6 atom stereocenters. The fourth-order valence-corrected chi connectivity index (χ4v) is 7.33. The number of nitrogen functional groups attached to an aromatic ring is 2. The molecule has 21 nitrogen and oxygen atoms in total. The molecule has 0 saturated carbocycles. The highest BCUT2D eigenvalue weighted by molar-refractivity contribution is 8.07. The number of aromatic amines is 1. The lowest BCUT2D eigenvalue weighted by Gasteiger charge is -2.26. The minimum Gasteiger partial charge on any atom is -0.509 e. The number of nitrogens with zero attached hydrogens (tertiary/aromatic N) is 7. The van der Waals surface area contributed by atoms with Crippen molar-refractivity contribution in [3.05, 3.63) is 52.2 Å². The highest BCUT2D eigenvalue weighted by Crippen LogP contribution is 2.55. The van der Waals surface area contributed by atoms with Crippen molar-refractivity contribution in [2.24, 2.45) is 0 Å². The Kier molecular flexibility index (Phi) is 6.96. The third-order valence-electron chi connectivity index (χ3n) is 7.20. The summed E-state index contributed by atoms with van der Waals surface area (Å²) in [7, 11) is -5.02. The van der Waals surface area contributed by atoms with E-state index < -0.39 is 69.3 Å². The average Bonchev–Trinajstić information content (AvgIpc) is 3.72. The van der Waals surface area contributed by atoms with E-state index in [2.05, 4.69) is 29.9 Å². The number of rotatable bonds is 2. The highest BCUT2D eigenvalue weighted by Gasteiger charge is 2.46. The van der Waals surface area contributed by atoms with Crippen molar-refractivity contribution in [3.8, 4) is 0 Å². The van der Waals surface area contributed by atoms with Gasteiger partial charge in [-0.1, -0.05) is 0 Å². The SMILES string of the molecule is Nc1nc2c(ncn2[C@@H]2CC3=C(O)C2OP(O)(=S)OCC2=C(OP(=O)(O)OC3)C(O)[C@H](n3cnc4c(N)ncnc43)O2)c(=O)[nH]1. The number of aliphatic hydroxyl groups is 2. The van der Waals surface area contributed by atoms with Crippen LogP contribution in [0.1, 0.15) is 18.7 Å². The van der Waals surface area contributed by atoms with E-state index in [9.17, 15) is 29.4 Å². The number of aliphatic hydroxyl groups excluding tert-OH is 2. The maximum Gasteiger partial charge on any atom is 0.527 e. The average molecular weight is 684 g/mol. The summed E-state index contributed by atoms with van der Waals surface area (Å²) in [5.41, 5.74) is 11.3. The molecule has 0 radical (unpaired) electrons. The lowest BCUT2D eigenvalue weighted by Crippen LogP contribution is -2.25. The zero-order valence-corrected chi connectivity index (χ0v) is 25.0. The fraction of sp³-hybridized carbons (Fsp3) is 0.333. The van der Waals surface area contributed by atoms with E-state index in [1.165, 1.54) is 28.1 Å². The molecule has 3 aliphatic rings. The van der Waals surface area contributed by atoms with Gasteiger partial charge < -0.3 is 44.9 Å². The van der Waals surface area contributed by atoms with Crippen molar-refractivity contribution in [3.63, 3.8) is 0 Å². The van der Waals surface area contributed by atoms with Crippen LogP contribution >= 0.6 is 14.5 Å². The molecule has 1 aliphatic carbocycles. The van der Waals surface area contributed by atoms with Gasteiger partial charge in [-0.3, -0.25) is 28.3 Å². The molecule has 2 bridgehead atoms. The number of hydrogen-bond acceptors (Lipinski definition) is 17. The van der Waals surface area contributed by atoms with Gasteiger partial charge in [0.25, 0.3) is 5.56 Å². The summed E-state index contributed by atoms with van der Waals surface area (Å²) >= 11 is 5.22. The standard InChI is InChI=1S/C21H22N10O11P2S/c22-16-10-17(25-4-24-16)31(6-26-10)20-13(33)15-9(40-20)3-39-44(37,45)42-14-8(1-7(12(14)32)2-38-43(35,36)41-15)30-5-27-11-18(30)28-21(23)29-19(11)34/h4-6,8,13-14,20,32-33H,1-3H2,(H,35,36)(H,37,45)(H2,22,24,25)(H3,23,28,29,34)/t8-,13?,14?,20-,44?/m1/s1. The maximum atomic E-state index is 13.1. The summed E-state index contributed by atoms with van der Waals surface area (Å²) in [6.45, 7) is -5.66. The Morgan fingerprint density at radius 1 is 1.04 bits per heavy atom. The molecule has 9 N–H and O–H groups in total. The van der Waals surface area contributed by atoms with Crippen molar-refractivity contribution in [2.45, 2.75) is 30.9 Å². The number of nitrogens with two attached hydrogens (primary N) is 2. The van der Waals surface area contributed by atoms with Crippen LogP contribution in [0.4, 0.5) is 11.8 Å². The molecule has 2 aliphatic heterocycles. The van der Waals surface area contributed by atoms with Crippen molar-refractivity contribution in [1.82, 2.24) is 39.0 Å². The van der Waals surface area contributed by atoms with Crippen molar-refractivity contribution < 1.29 is 47.4 Å². The van der Waals surface area contributed by atoms with Crippen LogP contribution in [-0.4, -0.2) is 84.5 Å². The molecule has 4 aromatic heterocycles. The number of imidazole rings is 2. The third-order valence-corrected chi connectivity index (χ3v) is 9.61. The molecule has 0 saturated heterocycles. The molecule has 0 fully saturated rings. The van der Waals surface area contributed by atoms with Gasteiger partial charge in [0.05, 0.1) is 19.0 Å². The Balaban J connectivity index is 1.23. The Hall–Kier alpha value is -3.98. The van der Waals surface area contributed by atoms with Gasteiger partial charge in [0.15, 0.2) is 40.3 Å². The van der Waals surface area contributed by atoms with Crippen LogP contribution in [0, 0.1) is 0 Å². The van der Waals surface area contributed by atoms with Crippen LogP contribution in [0.5, 0.6) is 0 Å². The second kappa shape index (κ2) is 10.5. The molecule has 4 unspecified atom stereocenters. The monoisotopic (exact) mass is 684 g/mol. The Bertz CT molecular complexity index is 2100. The molecule has 238 valence electrons. The lowest BCUT2D eigenvalue weighted by molar-refractivity contribution is -0.0124. The molecule has 24 heteroatoms. The highest BCUT2D eigenvalue weighted by atomic mass is 32.5. The van der Waals surface area contributed by atoms with E-state index >= 15 is 0 Å². The molecule has 4 aromatic rings. The summed E-state index contributed by atoms with van der Waals surface area (Å²) in [6.07, 6.45) is -0.951. The summed E-state index contributed by atoms with van der Waals surface area (Å²) in [6, 6.07) is -0.949. The van der Waals surface area contributed by atoms with Gasteiger partial charge in [-0.05, 0) is 23.8 Å². The number of aromatic nitrogens is 8. The summed E-state index contributed by atoms with van der Waals surface area (Å²) in [4.78, 5) is 56.6. The maximum absolute atomic E-state index is 13.1. The minimum absolute atomic E-state index is 0.0301. The Morgan fingerprint density at radius 2 is 1.80 bits per heavy atom. The number of nitrogens with one attached hydrogen (secondary N) is 1. The van der Waals surface area contributed by atoms with Gasteiger partial charge in [-0.2, -0.15) is 4.98 Å². The van der Waals surface area contributed by atoms with E-state index in [1.807, 2.05) is 0 Å². The predicted octanol–water partition coefficient (Wildman–Crippen LogP) is -0.252. The minimum atomic E-state index is -5.02. The topological polar surface area (TPSA) is 303 Å². The normalized spacial score (nSPS) is 30.9. The molecular formula is C21H22N10O11P2S. The first-order chi connectivity index (χ1) is 21.3. The second-order valence-electron chi connectivity index (χ2n) is 9.96. The van der Waals surface area contributed by atoms with E-state index in [1.54, 1.807) is 0 Å². The third kappa shape index (κ3) is 5.15. The smallest absolute Gasteiger partial charge is 0.509 e. The van der Waals surface area contributed by atoms with Gasteiger partial charge >= 0.3 is 14.5 Å². The lowest BCUT2D eigenvalue weighted by atomic mass is 10.1. The van der Waals surface area contributed by atoms with Crippen LogP contribution in [0.15, 0.2) is 46.6 Å². The first kappa shape index (κ1) is 29.7. The number of ether oxygens (including phenoxy) is 1. The Morgan fingerprint density at radius 3 is 2.60 bits per heavy atom. The number of phosphoric ester groups is 1. The summed E-state index contributed by atoms with van der Waals surface area (Å²) in [5.74, 6) is -1.55. The predicted molar refractivity (Wildman–Crippen MR) is 153 cm³/mol. The molecule has 0 aromatic carbocycles. The fourth-order valence-electron chi connectivity index (χ4n) is 5.19. The number of fused-ring (bicyclic) bond motifs is 3. The first-order valence-electron chi connectivity index (χ1n) is 12.8. The quantitative estimate of drug-likeness (QED) is 0.134. The summed E-state index contributed by atoms with van der Waals surface area (Å²) in [5, 5.41) is 22.2. The van der Waals surface area contributed by atoms with Gasteiger partial charge in [-0.25, -0.2) is 24.5 Å². The van der Waals surface area contributed by atoms with Crippen molar-refractivity contribution >= 4 is 60.4 Å². The van der Waals surface area contributed by atoms with Crippen LogP contribution in [0.3, 0.4) is 0 Å². The number of H-pyrrole nitrogens is 1. The zero-order chi connectivity index (χ0) is 31.8. The van der Waals surface area contributed by atoms with Crippen molar-refractivity contribution in [2.75, 3.05) is 24.7 Å². The number of anilines is 2. The Labute approximate surface area is 254 Å². The molecular weight excluding hydrogens is 662 g/mol. The molecule has 0 amide bonds. The molecule has 0 spiro atoms. The largest absolute Gasteiger partial charge is 0.527 e. The van der Waals surface area contributed by atoms with Gasteiger partial charge in [0.1, 0.15) is 36.6 Å². The first-order valence-corrected chi connectivity index (χ1v) is 16.9. The van der Waals surface area contributed by atoms with E-state index in [4.69, 9.17) is 46.1 Å². The molecule has 7 rings (SSSR count). The van der Waals surface area contributed by atoms with Gasteiger partial charge in [0, 0.05) is 0 Å².